The average Bonchev–Trinajstić information content (AvgIpc) is 2.25. The van der Waals surface area contributed by atoms with E-state index < -0.39 is 5.41 Å². The van der Waals surface area contributed by atoms with Crippen LogP contribution in [0.2, 0.25) is 0 Å². The van der Waals surface area contributed by atoms with Crippen LogP contribution < -0.4 is 4.74 Å². The van der Waals surface area contributed by atoms with Gasteiger partial charge < -0.3 is 4.74 Å². The highest BCUT2D eigenvalue weighted by Gasteiger charge is 2.43. The topological polar surface area (TPSA) is 45.9 Å². The smallest absolute Gasteiger partial charge is 0.216 e. The average molecular weight is 214 g/mol. The van der Waals surface area contributed by atoms with Crippen LogP contribution in [-0.2, 0) is 5.41 Å². The van der Waals surface area contributed by atoms with Crippen LogP contribution in [0.5, 0.6) is 5.88 Å². The van der Waals surface area contributed by atoms with Crippen molar-refractivity contribution in [1.82, 2.24) is 4.98 Å². The first kappa shape index (κ1) is 10.7. The summed E-state index contributed by atoms with van der Waals surface area (Å²) >= 11 is 0. The summed E-state index contributed by atoms with van der Waals surface area (Å²) in [4.78, 5) is 4.40. The Bertz CT molecular complexity index is 477. The van der Waals surface area contributed by atoms with E-state index in [2.05, 4.69) is 17.6 Å². The van der Waals surface area contributed by atoms with E-state index in [1.54, 1.807) is 7.11 Å². The number of nitriles is 1. The second-order valence-corrected chi connectivity index (χ2v) is 4.32. The van der Waals surface area contributed by atoms with Crippen molar-refractivity contribution in [2.45, 2.75) is 25.2 Å². The van der Waals surface area contributed by atoms with Crippen molar-refractivity contribution in [3.63, 3.8) is 0 Å². The third-order valence-electron chi connectivity index (χ3n) is 3.05. The zero-order valence-electron chi connectivity index (χ0n) is 9.58. The van der Waals surface area contributed by atoms with E-state index in [1.807, 2.05) is 19.1 Å². The van der Waals surface area contributed by atoms with Crippen LogP contribution in [0.4, 0.5) is 0 Å². The summed E-state index contributed by atoms with van der Waals surface area (Å²) in [6.45, 7) is 5.82. The molecule has 1 aromatic heterocycles. The summed E-state index contributed by atoms with van der Waals surface area (Å²) in [5, 5.41) is 9.27. The Morgan fingerprint density at radius 2 is 2.19 bits per heavy atom. The molecule has 1 fully saturated rings. The first-order valence-electron chi connectivity index (χ1n) is 5.21. The number of pyridine rings is 1. The zero-order chi connectivity index (χ0) is 11.8. The van der Waals surface area contributed by atoms with E-state index in [1.165, 1.54) is 0 Å². The zero-order valence-corrected chi connectivity index (χ0v) is 9.58. The number of rotatable bonds is 2. The molecule has 1 aliphatic carbocycles. The number of ether oxygens (including phenoxy) is 1. The first-order valence-corrected chi connectivity index (χ1v) is 5.21. The largest absolute Gasteiger partial charge is 0.481 e. The van der Waals surface area contributed by atoms with Gasteiger partial charge in [0.2, 0.25) is 5.88 Å². The van der Waals surface area contributed by atoms with Gasteiger partial charge in [-0.3, -0.25) is 0 Å². The van der Waals surface area contributed by atoms with Gasteiger partial charge >= 0.3 is 0 Å². The number of allylic oxidation sites excluding steroid dienone is 1. The minimum absolute atomic E-state index is 0.474. The lowest BCUT2D eigenvalue weighted by molar-refractivity contribution is 0.376. The third kappa shape index (κ3) is 1.47. The van der Waals surface area contributed by atoms with Gasteiger partial charge in [0, 0.05) is 5.56 Å². The number of aryl methyl sites for hydroxylation is 1. The Morgan fingerprint density at radius 1 is 1.50 bits per heavy atom. The Balaban J connectivity index is 2.41. The molecule has 16 heavy (non-hydrogen) atoms. The molecule has 0 saturated heterocycles. The molecular weight excluding hydrogens is 200 g/mol. The van der Waals surface area contributed by atoms with E-state index in [9.17, 15) is 5.26 Å². The molecule has 0 unspecified atom stereocenters. The number of hydrogen-bond donors (Lipinski definition) is 0. The van der Waals surface area contributed by atoms with Crippen LogP contribution in [0, 0.1) is 18.3 Å². The molecule has 0 aliphatic heterocycles. The highest BCUT2D eigenvalue weighted by molar-refractivity contribution is 5.41. The van der Waals surface area contributed by atoms with Crippen molar-refractivity contribution in [3.8, 4) is 11.9 Å². The standard InChI is InChI=1S/C13H14N2O/c1-9-6-13(7-9,8-14)11-5-4-10(2)12(15-11)16-3/h4-5H,1,6-7H2,2-3H3. The molecule has 0 bridgehead atoms. The van der Waals surface area contributed by atoms with E-state index in [4.69, 9.17) is 4.74 Å². The Hall–Kier alpha value is -1.82. The monoisotopic (exact) mass is 214 g/mol. The van der Waals surface area contributed by atoms with E-state index in [0.29, 0.717) is 18.7 Å². The molecule has 0 N–H and O–H groups in total. The summed E-state index contributed by atoms with van der Waals surface area (Å²) < 4.78 is 5.18. The van der Waals surface area contributed by atoms with E-state index in [0.717, 1.165) is 16.8 Å². The molecule has 3 nitrogen and oxygen atoms in total. The van der Waals surface area contributed by atoms with Gasteiger partial charge in [-0.1, -0.05) is 18.2 Å². The normalized spacial score (nSPS) is 17.4. The molecule has 0 radical (unpaired) electrons. The van der Waals surface area contributed by atoms with E-state index in [-0.39, 0.29) is 0 Å². The Labute approximate surface area is 95.4 Å². The summed E-state index contributed by atoms with van der Waals surface area (Å²) in [7, 11) is 1.60. The maximum absolute atomic E-state index is 9.27. The van der Waals surface area contributed by atoms with Crippen molar-refractivity contribution in [1.29, 1.82) is 5.26 Å². The third-order valence-corrected chi connectivity index (χ3v) is 3.05. The minimum Gasteiger partial charge on any atom is -0.481 e. The molecule has 2 rings (SSSR count). The van der Waals surface area contributed by atoms with Crippen LogP contribution in [0.3, 0.4) is 0 Å². The van der Waals surface area contributed by atoms with Crippen molar-refractivity contribution < 1.29 is 4.74 Å². The van der Waals surface area contributed by atoms with Gasteiger partial charge in [0.1, 0.15) is 5.41 Å². The van der Waals surface area contributed by atoms with Crippen LogP contribution in [-0.4, -0.2) is 12.1 Å². The highest BCUT2D eigenvalue weighted by atomic mass is 16.5. The Kier molecular flexibility index (Phi) is 2.43. The molecule has 1 saturated carbocycles. The van der Waals surface area contributed by atoms with Gasteiger partial charge in [-0.2, -0.15) is 5.26 Å². The fourth-order valence-corrected chi connectivity index (χ4v) is 2.10. The molecule has 1 aromatic rings. The fraction of sp³-hybridized carbons (Fsp3) is 0.385. The van der Waals surface area contributed by atoms with Crippen molar-refractivity contribution in [3.05, 3.63) is 35.5 Å². The summed E-state index contributed by atoms with van der Waals surface area (Å²) in [6, 6.07) is 6.21. The van der Waals surface area contributed by atoms with Crippen LogP contribution >= 0.6 is 0 Å². The van der Waals surface area contributed by atoms with Crippen molar-refractivity contribution in [2.24, 2.45) is 0 Å². The van der Waals surface area contributed by atoms with Gasteiger partial charge in [-0.15, -0.1) is 0 Å². The fourth-order valence-electron chi connectivity index (χ4n) is 2.10. The molecule has 3 heteroatoms. The van der Waals surface area contributed by atoms with Gasteiger partial charge in [0.15, 0.2) is 0 Å². The first-order chi connectivity index (χ1) is 7.61. The summed E-state index contributed by atoms with van der Waals surface area (Å²) in [5.74, 6) is 0.602. The lowest BCUT2D eigenvalue weighted by Gasteiger charge is -2.36. The maximum Gasteiger partial charge on any atom is 0.216 e. The van der Waals surface area contributed by atoms with Crippen LogP contribution in [0.25, 0.3) is 0 Å². The summed E-state index contributed by atoms with van der Waals surface area (Å²) in [5.41, 5.74) is 2.42. The van der Waals surface area contributed by atoms with Crippen molar-refractivity contribution in [2.75, 3.05) is 7.11 Å². The summed E-state index contributed by atoms with van der Waals surface area (Å²) in [6.07, 6.45) is 1.42. The lowest BCUT2D eigenvalue weighted by atomic mass is 9.65. The van der Waals surface area contributed by atoms with Gasteiger partial charge in [0.05, 0.1) is 18.9 Å². The molecule has 0 atom stereocenters. The van der Waals surface area contributed by atoms with Gasteiger partial charge in [-0.25, -0.2) is 4.98 Å². The predicted molar refractivity (Wildman–Crippen MR) is 61.2 cm³/mol. The lowest BCUT2D eigenvalue weighted by Crippen LogP contribution is -2.35. The maximum atomic E-state index is 9.27. The van der Waals surface area contributed by atoms with Crippen LogP contribution in [0.15, 0.2) is 24.3 Å². The number of nitrogens with zero attached hydrogens (tertiary/aromatic N) is 2. The Morgan fingerprint density at radius 3 is 2.69 bits per heavy atom. The van der Waals surface area contributed by atoms with Crippen molar-refractivity contribution >= 4 is 0 Å². The van der Waals surface area contributed by atoms with Crippen LogP contribution in [0.1, 0.15) is 24.1 Å². The molecule has 0 aromatic carbocycles. The number of methoxy groups -OCH3 is 1. The van der Waals surface area contributed by atoms with E-state index >= 15 is 0 Å². The second kappa shape index (κ2) is 3.64. The molecule has 1 heterocycles. The van der Waals surface area contributed by atoms with Gasteiger partial charge in [0.25, 0.3) is 0 Å². The number of aromatic nitrogens is 1. The second-order valence-electron chi connectivity index (χ2n) is 4.32. The molecule has 1 aliphatic rings. The molecule has 82 valence electrons. The quantitative estimate of drug-likeness (QED) is 0.710. The molecule has 0 amide bonds. The number of hydrogen-bond acceptors (Lipinski definition) is 3. The van der Waals surface area contributed by atoms with Gasteiger partial charge in [-0.05, 0) is 25.8 Å². The minimum atomic E-state index is -0.474. The molecular formula is C13H14N2O. The SMILES string of the molecule is C=C1CC(C#N)(c2ccc(C)c(OC)n2)C1. The highest BCUT2D eigenvalue weighted by Crippen LogP contribution is 2.45. The molecule has 0 spiro atoms. The predicted octanol–water partition coefficient (Wildman–Crippen LogP) is 2.51.